The number of benzene rings is 1. The molecule has 6 nitrogen and oxygen atoms in total. The number of hydrogen-bond acceptors (Lipinski definition) is 6. The van der Waals surface area contributed by atoms with Crippen LogP contribution >= 0.6 is 0 Å². The van der Waals surface area contributed by atoms with Gasteiger partial charge in [0.2, 0.25) is 5.58 Å². The second-order valence-electron chi connectivity index (χ2n) is 6.39. The Labute approximate surface area is 139 Å². The van der Waals surface area contributed by atoms with Crippen molar-refractivity contribution in [2.75, 3.05) is 6.54 Å². The van der Waals surface area contributed by atoms with Crippen LogP contribution in [0.25, 0.3) is 22.1 Å². The number of ether oxygens (including phenoxy) is 1. The summed E-state index contributed by atoms with van der Waals surface area (Å²) in [6, 6.07) is 7.37. The predicted octanol–water partition coefficient (Wildman–Crippen LogP) is 3.16. The van der Waals surface area contributed by atoms with E-state index in [1.54, 1.807) is 0 Å². The third kappa shape index (κ3) is 2.53. The van der Waals surface area contributed by atoms with E-state index in [0.717, 1.165) is 24.8 Å². The summed E-state index contributed by atoms with van der Waals surface area (Å²) in [6.45, 7) is 4.85. The van der Waals surface area contributed by atoms with E-state index in [4.69, 9.17) is 9.15 Å². The molecule has 1 saturated heterocycles. The Hall–Kier alpha value is -2.47. The van der Waals surface area contributed by atoms with Crippen molar-refractivity contribution >= 4 is 28.0 Å². The van der Waals surface area contributed by atoms with E-state index < -0.39 is 0 Å². The summed E-state index contributed by atoms with van der Waals surface area (Å²) in [4.78, 5) is 21.4. The molecule has 1 N–H and O–H groups in total. The van der Waals surface area contributed by atoms with Gasteiger partial charge < -0.3 is 14.5 Å². The van der Waals surface area contributed by atoms with Crippen molar-refractivity contribution in [2.45, 2.75) is 38.6 Å². The van der Waals surface area contributed by atoms with E-state index in [0.29, 0.717) is 22.5 Å². The number of fused-ring (bicyclic) bond motifs is 3. The standard InChI is InChI=1S/C18H19N3O3/c1-10(2)16-20-14-11-6-3-4-8-13(11)23-15(14)17(21-16)24-18(22)12-7-5-9-19-12/h3-4,6,8,10,12,19H,5,7,9H2,1-2H3/t12-/m0/s1. The first-order chi connectivity index (χ1) is 11.6. The van der Waals surface area contributed by atoms with Crippen molar-refractivity contribution in [1.82, 2.24) is 15.3 Å². The highest BCUT2D eigenvalue weighted by atomic mass is 16.5. The maximum Gasteiger partial charge on any atom is 0.329 e. The first-order valence-electron chi connectivity index (χ1n) is 8.27. The summed E-state index contributed by atoms with van der Waals surface area (Å²) in [5.41, 5.74) is 1.82. The molecule has 1 atom stereocenters. The van der Waals surface area contributed by atoms with Crippen LogP contribution in [0.5, 0.6) is 5.88 Å². The molecule has 0 spiro atoms. The zero-order chi connectivity index (χ0) is 16.7. The van der Waals surface area contributed by atoms with E-state index in [2.05, 4.69) is 15.3 Å². The Kier molecular flexibility index (Phi) is 3.69. The third-order valence-electron chi connectivity index (χ3n) is 4.26. The summed E-state index contributed by atoms with van der Waals surface area (Å²) < 4.78 is 11.4. The van der Waals surface area contributed by atoms with Gasteiger partial charge in [0.1, 0.15) is 23.0 Å². The fourth-order valence-electron chi connectivity index (χ4n) is 2.96. The minimum Gasteiger partial charge on any atom is -0.449 e. The molecule has 24 heavy (non-hydrogen) atoms. The number of rotatable bonds is 3. The van der Waals surface area contributed by atoms with Crippen LogP contribution in [-0.2, 0) is 4.79 Å². The van der Waals surface area contributed by atoms with Crippen LogP contribution in [0.4, 0.5) is 0 Å². The molecular weight excluding hydrogens is 306 g/mol. The van der Waals surface area contributed by atoms with Gasteiger partial charge >= 0.3 is 5.97 Å². The van der Waals surface area contributed by atoms with Crippen LogP contribution in [-0.4, -0.2) is 28.5 Å². The van der Waals surface area contributed by atoms with Crippen molar-refractivity contribution in [3.05, 3.63) is 30.1 Å². The number of nitrogens with one attached hydrogen (secondary N) is 1. The van der Waals surface area contributed by atoms with E-state index in [9.17, 15) is 4.79 Å². The lowest BCUT2D eigenvalue weighted by Crippen LogP contribution is -2.34. The highest BCUT2D eigenvalue weighted by molar-refractivity contribution is 6.04. The minimum absolute atomic E-state index is 0.116. The summed E-state index contributed by atoms with van der Waals surface area (Å²) >= 11 is 0. The number of carbonyl (C=O) groups is 1. The van der Waals surface area contributed by atoms with Crippen molar-refractivity contribution in [2.24, 2.45) is 0 Å². The molecule has 1 aliphatic heterocycles. The molecule has 0 amide bonds. The summed E-state index contributed by atoms with van der Waals surface area (Å²) in [7, 11) is 0. The SMILES string of the molecule is CC(C)c1nc(OC(=O)[C@@H]2CCCN2)c2oc3ccccc3c2n1. The molecule has 4 rings (SSSR count). The molecule has 124 valence electrons. The van der Waals surface area contributed by atoms with Crippen LogP contribution < -0.4 is 10.1 Å². The van der Waals surface area contributed by atoms with Crippen molar-refractivity contribution in [3.63, 3.8) is 0 Å². The normalized spacial score (nSPS) is 17.9. The molecule has 6 heteroatoms. The number of esters is 1. The fraction of sp³-hybridized carbons (Fsp3) is 0.389. The summed E-state index contributed by atoms with van der Waals surface area (Å²) in [5, 5.41) is 4.04. The number of nitrogens with zero attached hydrogens (tertiary/aromatic N) is 2. The molecular formula is C18H19N3O3. The summed E-state index contributed by atoms with van der Waals surface area (Å²) in [6.07, 6.45) is 1.76. The van der Waals surface area contributed by atoms with Crippen LogP contribution in [0.3, 0.4) is 0 Å². The van der Waals surface area contributed by atoms with Crippen LogP contribution in [0.15, 0.2) is 28.7 Å². The average molecular weight is 325 g/mol. The molecule has 1 aliphatic rings. The van der Waals surface area contributed by atoms with Gasteiger partial charge in [0.15, 0.2) is 0 Å². The molecule has 0 aliphatic carbocycles. The van der Waals surface area contributed by atoms with Gasteiger partial charge in [-0.2, -0.15) is 4.98 Å². The average Bonchev–Trinajstić information content (AvgIpc) is 3.22. The predicted molar refractivity (Wildman–Crippen MR) is 90.1 cm³/mol. The Morgan fingerprint density at radius 3 is 2.92 bits per heavy atom. The van der Waals surface area contributed by atoms with Crippen molar-refractivity contribution in [3.8, 4) is 5.88 Å². The van der Waals surface area contributed by atoms with E-state index in [1.807, 2.05) is 38.1 Å². The number of hydrogen-bond donors (Lipinski definition) is 1. The minimum atomic E-state index is -0.317. The van der Waals surface area contributed by atoms with Gasteiger partial charge in [-0.05, 0) is 31.5 Å². The maximum absolute atomic E-state index is 12.4. The second kappa shape index (κ2) is 5.87. The molecule has 0 bridgehead atoms. The van der Waals surface area contributed by atoms with Gasteiger partial charge in [-0.15, -0.1) is 0 Å². The lowest BCUT2D eigenvalue weighted by molar-refractivity contribution is -0.136. The van der Waals surface area contributed by atoms with Crippen LogP contribution in [0.2, 0.25) is 0 Å². The number of furan rings is 1. The second-order valence-corrected chi connectivity index (χ2v) is 6.39. The lowest BCUT2D eigenvalue weighted by atomic mass is 10.2. The topological polar surface area (TPSA) is 77.2 Å². The van der Waals surface area contributed by atoms with Gasteiger partial charge in [0.05, 0.1) is 0 Å². The van der Waals surface area contributed by atoms with E-state index >= 15 is 0 Å². The molecule has 1 fully saturated rings. The quantitative estimate of drug-likeness (QED) is 0.745. The van der Waals surface area contributed by atoms with Crippen molar-refractivity contribution < 1.29 is 13.9 Å². The Morgan fingerprint density at radius 1 is 1.33 bits per heavy atom. The number of aromatic nitrogens is 2. The molecule has 1 aromatic carbocycles. The molecule has 2 aromatic heterocycles. The Bertz CT molecular complexity index is 910. The number of carbonyl (C=O) groups excluding carboxylic acids is 1. The monoisotopic (exact) mass is 325 g/mol. The lowest BCUT2D eigenvalue weighted by Gasteiger charge is -2.11. The van der Waals surface area contributed by atoms with Gasteiger partial charge in [-0.3, -0.25) is 0 Å². The molecule has 3 heterocycles. The molecule has 0 saturated carbocycles. The van der Waals surface area contributed by atoms with Crippen molar-refractivity contribution in [1.29, 1.82) is 0 Å². The molecule has 0 unspecified atom stereocenters. The highest BCUT2D eigenvalue weighted by Gasteiger charge is 2.27. The highest BCUT2D eigenvalue weighted by Crippen LogP contribution is 2.33. The molecule has 0 radical (unpaired) electrons. The van der Waals surface area contributed by atoms with Gasteiger partial charge in [-0.1, -0.05) is 26.0 Å². The van der Waals surface area contributed by atoms with Crippen LogP contribution in [0.1, 0.15) is 38.4 Å². The van der Waals surface area contributed by atoms with Crippen LogP contribution in [0, 0.1) is 0 Å². The Balaban J connectivity index is 1.84. The zero-order valence-corrected chi connectivity index (χ0v) is 13.7. The number of para-hydroxylation sites is 1. The Morgan fingerprint density at radius 2 is 2.17 bits per heavy atom. The zero-order valence-electron chi connectivity index (χ0n) is 13.7. The smallest absolute Gasteiger partial charge is 0.329 e. The first-order valence-corrected chi connectivity index (χ1v) is 8.27. The maximum atomic E-state index is 12.4. The fourth-order valence-corrected chi connectivity index (χ4v) is 2.96. The van der Waals surface area contributed by atoms with Gasteiger partial charge in [0.25, 0.3) is 5.88 Å². The third-order valence-corrected chi connectivity index (χ3v) is 4.26. The largest absolute Gasteiger partial charge is 0.449 e. The molecule has 3 aromatic rings. The van der Waals surface area contributed by atoms with Gasteiger partial charge in [-0.25, -0.2) is 9.78 Å². The van der Waals surface area contributed by atoms with E-state index in [-0.39, 0.29) is 23.8 Å². The summed E-state index contributed by atoms with van der Waals surface area (Å²) in [5.74, 6) is 0.641. The first kappa shape index (κ1) is 15.1. The van der Waals surface area contributed by atoms with Gasteiger partial charge in [0, 0.05) is 11.3 Å². The van der Waals surface area contributed by atoms with E-state index in [1.165, 1.54) is 0 Å².